The minimum atomic E-state index is -0.233. The van der Waals surface area contributed by atoms with Crippen molar-refractivity contribution in [3.8, 4) is 0 Å². The highest BCUT2D eigenvalue weighted by Crippen LogP contribution is 2.72. The standard InChI is InChI=1S/C15H24O/c1-9-5-6-13-14(3,4)11-7-15(9,13)8-12(16)10(11)2/h9,11-13,16H,2,5-8H2,1,3-4H3/t9-,11-,12+,13+,15+/m1/s1. The fraction of sp³-hybridized carbons (Fsp3) is 0.867. The van der Waals surface area contributed by atoms with Gasteiger partial charge in [-0.15, -0.1) is 0 Å². The number of hydrogen-bond acceptors (Lipinski definition) is 1. The van der Waals surface area contributed by atoms with Gasteiger partial charge < -0.3 is 5.11 Å². The molecule has 1 heteroatoms. The Balaban J connectivity index is 2.10. The molecule has 90 valence electrons. The lowest BCUT2D eigenvalue weighted by Crippen LogP contribution is -2.36. The van der Waals surface area contributed by atoms with Crippen molar-refractivity contribution in [2.75, 3.05) is 0 Å². The zero-order valence-electron chi connectivity index (χ0n) is 10.8. The fourth-order valence-corrected chi connectivity index (χ4v) is 5.44. The number of rotatable bonds is 0. The third-order valence-electron chi connectivity index (χ3n) is 6.39. The molecule has 0 aliphatic heterocycles. The fourth-order valence-electron chi connectivity index (χ4n) is 5.44. The highest BCUT2D eigenvalue weighted by atomic mass is 16.3. The summed E-state index contributed by atoms with van der Waals surface area (Å²) in [6.07, 6.45) is 4.77. The van der Waals surface area contributed by atoms with Gasteiger partial charge in [0.25, 0.3) is 0 Å². The summed E-state index contributed by atoms with van der Waals surface area (Å²) >= 11 is 0. The van der Waals surface area contributed by atoms with Crippen LogP contribution in [0.4, 0.5) is 0 Å². The third kappa shape index (κ3) is 1.01. The van der Waals surface area contributed by atoms with Crippen LogP contribution in [-0.4, -0.2) is 11.2 Å². The van der Waals surface area contributed by atoms with Gasteiger partial charge in [-0.3, -0.25) is 0 Å². The van der Waals surface area contributed by atoms with E-state index in [0.717, 1.165) is 23.8 Å². The first kappa shape index (κ1) is 10.8. The Hall–Kier alpha value is -0.300. The van der Waals surface area contributed by atoms with Gasteiger partial charge in [0.2, 0.25) is 0 Å². The molecule has 2 bridgehead atoms. The molecule has 3 fully saturated rings. The Labute approximate surface area is 98.9 Å². The summed E-state index contributed by atoms with van der Waals surface area (Å²) in [4.78, 5) is 0. The molecule has 1 N–H and O–H groups in total. The van der Waals surface area contributed by atoms with Crippen LogP contribution in [0.1, 0.15) is 46.5 Å². The second-order valence-corrected chi connectivity index (χ2v) is 7.14. The van der Waals surface area contributed by atoms with Crippen LogP contribution in [0.2, 0.25) is 0 Å². The summed E-state index contributed by atoms with van der Waals surface area (Å²) in [6.45, 7) is 11.4. The lowest BCUT2D eigenvalue weighted by molar-refractivity contribution is 0.0530. The van der Waals surface area contributed by atoms with Crippen molar-refractivity contribution in [1.82, 2.24) is 0 Å². The van der Waals surface area contributed by atoms with Crippen LogP contribution in [0.3, 0.4) is 0 Å². The van der Waals surface area contributed by atoms with Crippen LogP contribution in [0.25, 0.3) is 0 Å². The van der Waals surface area contributed by atoms with Crippen molar-refractivity contribution in [3.05, 3.63) is 12.2 Å². The van der Waals surface area contributed by atoms with E-state index < -0.39 is 0 Å². The molecule has 0 aromatic rings. The molecule has 1 spiro atoms. The van der Waals surface area contributed by atoms with Gasteiger partial charge in [-0.2, -0.15) is 0 Å². The van der Waals surface area contributed by atoms with Gasteiger partial charge in [0.1, 0.15) is 0 Å². The molecule has 0 aromatic carbocycles. The van der Waals surface area contributed by atoms with E-state index in [1.165, 1.54) is 19.3 Å². The molecule has 3 rings (SSSR count). The van der Waals surface area contributed by atoms with Gasteiger partial charge in [-0.25, -0.2) is 0 Å². The van der Waals surface area contributed by atoms with Gasteiger partial charge >= 0.3 is 0 Å². The smallest absolute Gasteiger partial charge is 0.0755 e. The monoisotopic (exact) mass is 220 g/mol. The van der Waals surface area contributed by atoms with Gasteiger partial charge in [0, 0.05) is 0 Å². The largest absolute Gasteiger partial charge is 0.389 e. The van der Waals surface area contributed by atoms with E-state index in [4.69, 9.17) is 0 Å². The summed E-state index contributed by atoms with van der Waals surface area (Å²) in [5.74, 6) is 2.17. The zero-order valence-corrected chi connectivity index (χ0v) is 10.8. The second-order valence-electron chi connectivity index (χ2n) is 7.14. The predicted octanol–water partition coefficient (Wildman–Crippen LogP) is 3.39. The maximum Gasteiger partial charge on any atom is 0.0755 e. The number of aliphatic hydroxyl groups is 1. The first-order valence-electron chi connectivity index (χ1n) is 6.76. The molecule has 0 saturated heterocycles. The zero-order chi connectivity index (χ0) is 11.7. The van der Waals surface area contributed by atoms with Crippen LogP contribution in [0, 0.1) is 28.6 Å². The second kappa shape index (κ2) is 2.93. The van der Waals surface area contributed by atoms with E-state index in [2.05, 4.69) is 27.4 Å². The summed E-state index contributed by atoms with van der Waals surface area (Å²) < 4.78 is 0. The van der Waals surface area contributed by atoms with Crippen molar-refractivity contribution in [1.29, 1.82) is 0 Å². The molecule has 3 saturated carbocycles. The Morgan fingerprint density at radius 1 is 1.25 bits per heavy atom. The van der Waals surface area contributed by atoms with E-state index in [1.54, 1.807) is 0 Å². The predicted molar refractivity (Wildman–Crippen MR) is 66.0 cm³/mol. The summed E-state index contributed by atoms with van der Waals surface area (Å²) in [7, 11) is 0. The van der Waals surface area contributed by atoms with Gasteiger partial charge in [0.05, 0.1) is 6.10 Å². The van der Waals surface area contributed by atoms with Crippen molar-refractivity contribution in [2.24, 2.45) is 28.6 Å². The first-order chi connectivity index (χ1) is 7.39. The van der Waals surface area contributed by atoms with Gasteiger partial charge in [0.15, 0.2) is 0 Å². The van der Waals surface area contributed by atoms with Crippen molar-refractivity contribution < 1.29 is 5.11 Å². The van der Waals surface area contributed by atoms with Crippen LogP contribution in [0.5, 0.6) is 0 Å². The van der Waals surface area contributed by atoms with E-state index in [0.29, 0.717) is 16.7 Å². The average Bonchev–Trinajstić information content (AvgIpc) is 2.59. The van der Waals surface area contributed by atoms with E-state index in [9.17, 15) is 5.11 Å². The normalized spacial score (nSPS) is 54.1. The van der Waals surface area contributed by atoms with Crippen molar-refractivity contribution in [3.63, 3.8) is 0 Å². The highest BCUT2D eigenvalue weighted by molar-refractivity contribution is 5.26. The summed E-state index contributed by atoms with van der Waals surface area (Å²) in [5.41, 5.74) is 1.92. The molecule has 3 aliphatic carbocycles. The quantitative estimate of drug-likeness (QED) is 0.620. The van der Waals surface area contributed by atoms with E-state index >= 15 is 0 Å². The summed E-state index contributed by atoms with van der Waals surface area (Å²) in [6, 6.07) is 0. The molecule has 0 amide bonds. The van der Waals surface area contributed by atoms with Crippen molar-refractivity contribution >= 4 is 0 Å². The lowest BCUT2D eigenvalue weighted by atomic mass is 9.66. The number of fused-ring (bicyclic) bond motifs is 1. The Morgan fingerprint density at radius 3 is 2.62 bits per heavy atom. The molecule has 0 aromatic heterocycles. The van der Waals surface area contributed by atoms with E-state index in [1.807, 2.05) is 0 Å². The van der Waals surface area contributed by atoms with Crippen LogP contribution < -0.4 is 0 Å². The first-order valence-corrected chi connectivity index (χ1v) is 6.76. The van der Waals surface area contributed by atoms with Crippen LogP contribution in [-0.2, 0) is 0 Å². The molecule has 1 nitrogen and oxygen atoms in total. The minimum Gasteiger partial charge on any atom is -0.389 e. The Bertz CT molecular complexity index is 343. The minimum absolute atomic E-state index is 0.233. The van der Waals surface area contributed by atoms with Crippen molar-refractivity contribution in [2.45, 2.75) is 52.6 Å². The SMILES string of the molecule is C=C1[C@H]2C[C@]3(C[C@@H]1O)[C@H](C)CC[C@H]3C2(C)C. The lowest BCUT2D eigenvalue weighted by Gasteiger charge is -2.40. The molecule has 0 radical (unpaired) electrons. The molecule has 0 unspecified atom stereocenters. The van der Waals surface area contributed by atoms with Gasteiger partial charge in [-0.05, 0) is 59.8 Å². The average molecular weight is 220 g/mol. The molecular weight excluding hydrogens is 196 g/mol. The Kier molecular flexibility index (Phi) is 1.98. The van der Waals surface area contributed by atoms with E-state index in [-0.39, 0.29) is 6.10 Å². The van der Waals surface area contributed by atoms with Gasteiger partial charge in [-0.1, -0.05) is 27.4 Å². The third-order valence-corrected chi connectivity index (χ3v) is 6.39. The maximum atomic E-state index is 10.3. The number of aliphatic hydroxyl groups excluding tert-OH is 1. The molecule has 16 heavy (non-hydrogen) atoms. The van der Waals surface area contributed by atoms with Crippen LogP contribution >= 0.6 is 0 Å². The molecule has 3 aliphatic rings. The molecular formula is C15H24O. The maximum absolute atomic E-state index is 10.3. The topological polar surface area (TPSA) is 20.2 Å². The Morgan fingerprint density at radius 2 is 1.94 bits per heavy atom. The number of hydrogen-bond donors (Lipinski definition) is 1. The summed E-state index contributed by atoms with van der Waals surface area (Å²) in [5, 5.41) is 10.3. The molecule has 0 heterocycles. The van der Waals surface area contributed by atoms with Crippen LogP contribution in [0.15, 0.2) is 12.2 Å². The molecule has 5 atom stereocenters. The highest BCUT2D eigenvalue weighted by Gasteiger charge is 2.65.